The molecular weight excluding hydrogens is 168 g/mol. The van der Waals surface area contributed by atoms with E-state index in [1.807, 2.05) is 6.08 Å². The average molecular weight is 187 g/mol. The minimum absolute atomic E-state index is 0.219. The van der Waals surface area contributed by atoms with Gasteiger partial charge in [0.1, 0.15) is 0 Å². The second kappa shape index (κ2) is 4.99. The summed E-state index contributed by atoms with van der Waals surface area (Å²) in [6, 6.07) is 6.62. The van der Waals surface area contributed by atoms with Crippen molar-refractivity contribution in [3.05, 3.63) is 54.5 Å². The van der Waals surface area contributed by atoms with Crippen LogP contribution >= 0.6 is 0 Å². The van der Waals surface area contributed by atoms with Gasteiger partial charge in [0, 0.05) is 5.92 Å². The van der Waals surface area contributed by atoms with E-state index in [1.165, 1.54) is 23.1 Å². The summed E-state index contributed by atoms with van der Waals surface area (Å²) in [6.07, 6.45) is 4.23. The van der Waals surface area contributed by atoms with Crippen LogP contribution in [0, 0.1) is 13.8 Å². The summed E-state index contributed by atoms with van der Waals surface area (Å²) < 4.78 is 0. The first-order valence-electron chi connectivity index (χ1n) is 5.24. The summed E-state index contributed by atoms with van der Waals surface area (Å²) in [5.74, 6) is 0.219. The number of hydrogen-bond acceptors (Lipinski definition) is 0. The van der Waals surface area contributed by atoms with Crippen molar-refractivity contribution in [1.29, 1.82) is 0 Å². The van der Waals surface area contributed by atoms with Crippen molar-refractivity contribution in [3.63, 3.8) is 0 Å². The summed E-state index contributed by atoms with van der Waals surface area (Å²) in [7, 11) is 0. The molecule has 1 rings (SSSR count). The Morgan fingerprint density at radius 1 is 1.43 bits per heavy atom. The molecule has 0 heteroatoms. The Morgan fingerprint density at radius 2 is 2.14 bits per heavy atom. The number of hydrogen-bond donors (Lipinski definition) is 0. The molecule has 0 aliphatic heterocycles. The third-order valence-electron chi connectivity index (χ3n) is 2.50. The molecule has 0 spiro atoms. The number of allylic oxidation sites excluding steroid dienone is 1. The van der Waals surface area contributed by atoms with Gasteiger partial charge in [-0.05, 0) is 31.4 Å². The van der Waals surface area contributed by atoms with Crippen LogP contribution in [0.15, 0.2) is 30.9 Å². The summed E-state index contributed by atoms with van der Waals surface area (Å²) in [4.78, 5) is 0. The van der Waals surface area contributed by atoms with Gasteiger partial charge in [-0.1, -0.05) is 43.2 Å². The normalized spacial score (nSPS) is 12.5. The summed E-state index contributed by atoms with van der Waals surface area (Å²) >= 11 is 0. The third-order valence-corrected chi connectivity index (χ3v) is 2.50. The van der Waals surface area contributed by atoms with E-state index in [1.54, 1.807) is 0 Å². The van der Waals surface area contributed by atoms with E-state index in [2.05, 4.69) is 45.5 Å². The van der Waals surface area contributed by atoms with Crippen molar-refractivity contribution in [3.8, 4) is 0 Å². The second-order valence-electron chi connectivity index (χ2n) is 3.79. The summed E-state index contributed by atoms with van der Waals surface area (Å²) in [6.45, 7) is 12.2. The zero-order valence-corrected chi connectivity index (χ0v) is 9.22. The van der Waals surface area contributed by atoms with Gasteiger partial charge in [-0.15, -0.1) is 6.58 Å². The number of aryl methyl sites for hydroxylation is 2. The van der Waals surface area contributed by atoms with Gasteiger partial charge in [-0.2, -0.15) is 0 Å². The van der Waals surface area contributed by atoms with Crippen LogP contribution < -0.4 is 0 Å². The molecule has 0 bridgehead atoms. The predicted octanol–water partition coefficient (Wildman–Crippen LogP) is 4.05. The Kier molecular flexibility index (Phi) is 3.94. The van der Waals surface area contributed by atoms with E-state index >= 15 is 0 Å². The number of benzene rings is 1. The lowest BCUT2D eigenvalue weighted by Gasteiger charge is -2.13. The lowest BCUT2D eigenvalue weighted by molar-refractivity contribution is 0.890. The molecular formula is C14H19. The summed E-state index contributed by atoms with van der Waals surface area (Å²) in [5.41, 5.74) is 4.05. The van der Waals surface area contributed by atoms with Gasteiger partial charge in [-0.25, -0.2) is 0 Å². The van der Waals surface area contributed by atoms with Crippen LogP contribution in [0.4, 0.5) is 0 Å². The maximum atomic E-state index is 4.09. The van der Waals surface area contributed by atoms with E-state index < -0.39 is 0 Å². The Balaban J connectivity index is 3.08. The summed E-state index contributed by atoms with van der Waals surface area (Å²) in [5, 5.41) is 0. The smallest absolute Gasteiger partial charge is 0.00184 e. The van der Waals surface area contributed by atoms with Gasteiger partial charge >= 0.3 is 0 Å². The van der Waals surface area contributed by atoms with E-state index in [9.17, 15) is 0 Å². The molecule has 0 amide bonds. The van der Waals surface area contributed by atoms with Gasteiger partial charge in [0.25, 0.3) is 0 Å². The molecule has 0 aliphatic rings. The predicted molar refractivity (Wildman–Crippen MR) is 63.5 cm³/mol. The molecule has 1 unspecified atom stereocenters. The van der Waals surface area contributed by atoms with Crippen LogP contribution in [0.2, 0.25) is 0 Å². The molecule has 75 valence electrons. The minimum Gasteiger partial charge on any atom is -0.102 e. The van der Waals surface area contributed by atoms with Crippen molar-refractivity contribution in [2.24, 2.45) is 0 Å². The first-order chi connectivity index (χ1) is 6.69. The Morgan fingerprint density at radius 3 is 2.71 bits per heavy atom. The van der Waals surface area contributed by atoms with E-state index in [0.717, 1.165) is 6.42 Å². The molecule has 14 heavy (non-hydrogen) atoms. The molecule has 0 saturated heterocycles. The van der Waals surface area contributed by atoms with Crippen LogP contribution in [0.25, 0.3) is 0 Å². The van der Waals surface area contributed by atoms with E-state index in [0.29, 0.717) is 0 Å². The Bertz CT molecular complexity index is 310. The molecule has 0 aromatic heterocycles. The van der Waals surface area contributed by atoms with Crippen LogP contribution in [0.3, 0.4) is 0 Å². The molecule has 0 aliphatic carbocycles. The van der Waals surface area contributed by atoms with Crippen LogP contribution in [-0.4, -0.2) is 0 Å². The molecule has 1 aromatic carbocycles. The lowest BCUT2D eigenvalue weighted by atomic mass is 9.92. The molecule has 0 nitrogen and oxygen atoms in total. The topological polar surface area (TPSA) is 0 Å². The highest BCUT2D eigenvalue weighted by Crippen LogP contribution is 2.22. The largest absolute Gasteiger partial charge is 0.102 e. The van der Waals surface area contributed by atoms with Gasteiger partial charge < -0.3 is 0 Å². The quantitative estimate of drug-likeness (QED) is 0.624. The van der Waals surface area contributed by atoms with Gasteiger partial charge in [-0.3, -0.25) is 0 Å². The Labute approximate surface area is 87.7 Å². The third kappa shape index (κ3) is 2.47. The van der Waals surface area contributed by atoms with Crippen LogP contribution in [0.1, 0.15) is 36.0 Å². The monoisotopic (exact) mass is 187 g/mol. The molecule has 1 aromatic rings. The maximum Gasteiger partial charge on any atom is 0.00184 e. The zero-order valence-electron chi connectivity index (χ0n) is 9.22. The fourth-order valence-corrected chi connectivity index (χ4v) is 1.68. The van der Waals surface area contributed by atoms with Crippen molar-refractivity contribution in [2.45, 2.75) is 32.6 Å². The van der Waals surface area contributed by atoms with Crippen molar-refractivity contribution in [2.75, 3.05) is 0 Å². The standard InChI is InChI=1S/C14H19/c1-5-7-13-9-8-11(3)10-14(13)12(4)6-2/h6,8-10,12H,2,4-5,7H2,1,3H3. The van der Waals surface area contributed by atoms with Crippen LogP contribution in [-0.2, 0) is 6.42 Å². The van der Waals surface area contributed by atoms with Crippen molar-refractivity contribution in [1.82, 2.24) is 0 Å². The molecule has 0 N–H and O–H groups in total. The second-order valence-corrected chi connectivity index (χ2v) is 3.79. The average Bonchev–Trinajstić information content (AvgIpc) is 2.20. The number of rotatable bonds is 4. The zero-order chi connectivity index (χ0) is 10.6. The highest BCUT2D eigenvalue weighted by atomic mass is 14.1. The molecule has 0 heterocycles. The fraction of sp³-hybridized carbons (Fsp3) is 0.357. The Hall–Kier alpha value is -1.04. The highest BCUT2D eigenvalue weighted by Gasteiger charge is 2.06. The first-order valence-corrected chi connectivity index (χ1v) is 5.24. The minimum atomic E-state index is 0.219. The van der Waals surface area contributed by atoms with Crippen molar-refractivity contribution < 1.29 is 0 Å². The highest BCUT2D eigenvalue weighted by molar-refractivity contribution is 5.37. The van der Waals surface area contributed by atoms with Gasteiger partial charge in [0.15, 0.2) is 0 Å². The molecule has 1 radical (unpaired) electrons. The van der Waals surface area contributed by atoms with E-state index in [4.69, 9.17) is 0 Å². The van der Waals surface area contributed by atoms with Gasteiger partial charge in [0.05, 0.1) is 0 Å². The molecule has 0 fully saturated rings. The fourth-order valence-electron chi connectivity index (χ4n) is 1.68. The van der Waals surface area contributed by atoms with Crippen molar-refractivity contribution >= 4 is 0 Å². The maximum absolute atomic E-state index is 4.09. The lowest BCUT2D eigenvalue weighted by Crippen LogP contribution is -1.97. The first kappa shape index (κ1) is 11.0. The SMILES string of the molecule is [CH2]C(C=C)c1cc(C)ccc1CCC. The molecule has 1 atom stereocenters. The van der Waals surface area contributed by atoms with Crippen LogP contribution in [0.5, 0.6) is 0 Å². The van der Waals surface area contributed by atoms with E-state index in [-0.39, 0.29) is 5.92 Å². The van der Waals surface area contributed by atoms with Gasteiger partial charge in [0.2, 0.25) is 0 Å². The molecule has 0 saturated carbocycles.